The van der Waals surface area contributed by atoms with E-state index in [0.29, 0.717) is 6.42 Å². The Labute approximate surface area is 135 Å². The molecule has 0 spiro atoms. The van der Waals surface area contributed by atoms with Crippen molar-refractivity contribution in [2.24, 2.45) is 0 Å². The first kappa shape index (κ1) is 15.2. The van der Waals surface area contributed by atoms with Gasteiger partial charge in [0.15, 0.2) is 11.5 Å². The highest BCUT2D eigenvalue weighted by Crippen LogP contribution is 2.35. The van der Waals surface area contributed by atoms with Crippen molar-refractivity contribution in [3.8, 4) is 11.5 Å². The van der Waals surface area contributed by atoms with E-state index >= 15 is 0 Å². The molecule has 2 N–H and O–H groups in total. The molecule has 3 rings (SSSR count). The van der Waals surface area contributed by atoms with E-state index < -0.39 is 0 Å². The van der Waals surface area contributed by atoms with E-state index in [1.807, 2.05) is 42.5 Å². The van der Waals surface area contributed by atoms with Crippen molar-refractivity contribution in [2.45, 2.75) is 26.2 Å². The number of carbonyl (C=O) groups is 1. The number of fused-ring (bicyclic) bond motifs is 1. The zero-order valence-electron chi connectivity index (χ0n) is 13.1. The molecule has 5 nitrogen and oxygen atoms in total. The number of hydrogen-bond acceptors (Lipinski definition) is 4. The average Bonchev–Trinajstić information content (AvgIpc) is 3.02. The van der Waals surface area contributed by atoms with Crippen molar-refractivity contribution in [3.63, 3.8) is 0 Å². The SMILES string of the molecule is CCCCC(=O)Nc1ccc(Nc2ccc3c(c2)OCO3)cc1. The summed E-state index contributed by atoms with van der Waals surface area (Å²) in [6.45, 7) is 2.34. The fraction of sp³-hybridized carbons (Fsp3) is 0.278. The minimum Gasteiger partial charge on any atom is -0.454 e. The highest BCUT2D eigenvalue weighted by molar-refractivity contribution is 5.90. The van der Waals surface area contributed by atoms with Crippen LogP contribution in [-0.4, -0.2) is 12.7 Å². The maximum Gasteiger partial charge on any atom is 0.231 e. The van der Waals surface area contributed by atoms with Crippen molar-refractivity contribution in [1.82, 2.24) is 0 Å². The van der Waals surface area contributed by atoms with Gasteiger partial charge in [-0.05, 0) is 42.8 Å². The van der Waals surface area contributed by atoms with Crippen LogP contribution in [0.4, 0.5) is 17.1 Å². The van der Waals surface area contributed by atoms with Gasteiger partial charge in [-0.2, -0.15) is 0 Å². The predicted molar refractivity (Wildman–Crippen MR) is 90.4 cm³/mol. The number of amides is 1. The zero-order valence-corrected chi connectivity index (χ0v) is 13.1. The van der Waals surface area contributed by atoms with Gasteiger partial charge in [0.1, 0.15) is 0 Å². The number of benzene rings is 2. The molecule has 0 unspecified atom stereocenters. The van der Waals surface area contributed by atoms with E-state index in [9.17, 15) is 4.79 Å². The Morgan fingerprint density at radius 2 is 1.70 bits per heavy atom. The summed E-state index contributed by atoms with van der Waals surface area (Å²) in [7, 11) is 0. The van der Waals surface area contributed by atoms with Crippen LogP contribution in [0, 0.1) is 0 Å². The quantitative estimate of drug-likeness (QED) is 0.835. The molecular formula is C18H20N2O3. The molecule has 5 heteroatoms. The van der Waals surface area contributed by atoms with Crippen molar-refractivity contribution in [3.05, 3.63) is 42.5 Å². The van der Waals surface area contributed by atoms with Crippen LogP contribution in [0.1, 0.15) is 26.2 Å². The lowest BCUT2D eigenvalue weighted by Crippen LogP contribution is -2.10. The molecule has 0 fully saturated rings. The lowest BCUT2D eigenvalue weighted by molar-refractivity contribution is -0.116. The first-order chi connectivity index (χ1) is 11.2. The fourth-order valence-corrected chi connectivity index (χ4v) is 2.34. The second-order valence-corrected chi connectivity index (χ2v) is 5.42. The zero-order chi connectivity index (χ0) is 16.1. The van der Waals surface area contributed by atoms with Crippen molar-refractivity contribution >= 4 is 23.0 Å². The van der Waals surface area contributed by atoms with Crippen molar-refractivity contribution in [2.75, 3.05) is 17.4 Å². The maximum absolute atomic E-state index is 11.7. The van der Waals surface area contributed by atoms with Crippen LogP contribution in [0.2, 0.25) is 0 Å². The van der Waals surface area contributed by atoms with Crippen molar-refractivity contribution < 1.29 is 14.3 Å². The van der Waals surface area contributed by atoms with E-state index in [4.69, 9.17) is 9.47 Å². The van der Waals surface area contributed by atoms with Gasteiger partial charge in [0, 0.05) is 29.5 Å². The topological polar surface area (TPSA) is 59.6 Å². The van der Waals surface area contributed by atoms with Crippen LogP contribution < -0.4 is 20.1 Å². The minimum atomic E-state index is 0.0586. The minimum absolute atomic E-state index is 0.0586. The molecule has 2 aromatic carbocycles. The molecule has 0 saturated heterocycles. The molecule has 0 aliphatic carbocycles. The third-order valence-corrected chi connectivity index (χ3v) is 3.59. The molecule has 120 valence electrons. The summed E-state index contributed by atoms with van der Waals surface area (Å²) in [6.07, 6.45) is 2.50. The van der Waals surface area contributed by atoms with Crippen LogP contribution in [0.15, 0.2) is 42.5 Å². The van der Waals surface area contributed by atoms with Gasteiger partial charge in [-0.15, -0.1) is 0 Å². The van der Waals surface area contributed by atoms with Gasteiger partial charge >= 0.3 is 0 Å². The molecule has 2 aromatic rings. The number of carbonyl (C=O) groups excluding carboxylic acids is 1. The molecular weight excluding hydrogens is 292 g/mol. The number of hydrogen-bond donors (Lipinski definition) is 2. The largest absolute Gasteiger partial charge is 0.454 e. The highest BCUT2D eigenvalue weighted by atomic mass is 16.7. The van der Waals surface area contributed by atoms with E-state index in [-0.39, 0.29) is 12.7 Å². The summed E-state index contributed by atoms with van der Waals surface area (Å²) < 4.78 is 10.7. The smallest absolute Gasteiger partial charge is 0.231 e. The second-order valence-electron chi connectivity index (χ2n) is 5.42. The van der Waals surface area contributed by atoms with Crippen LogP contribution in [0.25, 0.3) is 0 Å². The molecule has 0 saturated carbocycles. The first-order valence-electron chi connectivity index (χ1n) is 7.81. The Hall–Kier alpha value is -2.69. The summed E-state index contributed by atoms with van der Waals surface area (Å²) in [4.78, 5) is 11.7. The van der Waals surface area contributed by atoms with E-state index in [2.05, 4.69) is 17.6 Å². The lowest BCUT2D eigenvalue weighted by Gasteiger charge is -2.09. The number of unbranched alkanes of at least 4 members (excludes halogenated alkanes) is 1. The Balaban J connectivity index is 1.60. The number of nitrogens with one attached hydrogen (secondary N) is 2. The molecule has 0 bridgehead atoms. The summed E-state index contributed by atoms with van der Waals surface area (Å²) in [5.74, 6) is 1.57. The van der Waals surface area contributed by atoms with Gasteiger partial charge < -0.3 is 20.1 Å². The van der Waals surface area contributed by atoms with Crippen LogP contribution in [0.3, 0.4) is 0 Å². The molecule has 1 aliphatic rings. The predicted octanol–water partition coefficient (Wildman–Crippen LogP) is 4.29. The standard InChI is InChI=1S/C18H20N2O3/c1-2-3-4-18(21)20-14-7-5-13(6-8-14)19-15-9-10-16-17(11-15)23-12-22-16/h5-11,19H,2-4,12H2,1H3,(H,20,21). The monoisotopic (exact) mass is 312 g/mol. The van der Waals surface area contributed by atoms with Gasteiger partial charge in [0.2, 0.25) is 12.7 Å². The van der Waals surface area contributed by atoms with Gasteiger partial charge in [0.25, 0.3) is 0 Å². The van der Waals surface area contributed by atoms with Crippen LogP contribution >= 0.6 is 0 Å². The van der Waals surface area contributed by atoms with Crippen LogP contribution in [-0.2, 0) is 4.79 Å². The summed E-state index contributed by atoms with van der Waals surface area (Å²) in [6, 6.07) is 13.4. The first-order valence-corrected chi connectivity index (χ1v) is 7.81. The number of ether oxygens (including phenoxy) is 2. The molecule has 23 heavy (non-hydrogen) atoms. The normalized spacial score (nSPS) is 12.0. The van der Waals surface area contributed by atoms with E-state index in [1.54, 1.807) is 0 Å². The highest BCUT2D eigenvalue weighted by Gasteiger charge is 2.13. The van der Waals surface area contributed by atoms with Crippen LogP contribution in [0.5, 0.6) is 11.5 Å². The van der Waals surface area contributed by atoms with Gasteiger partial charge in [-0.1, -0.05) is 13.3 Å². The maximum atomic E-state index is 11.7. The molecule has 1 heterocycles. The Morgan fingerprint density at radius 1 is 1.00 bits per heavy atom. The lowest BCUT2D eigenvalue weighted by atomic mass is 10.2. The molecule has 0 aromatic heterocycles. The second kappa shape index (κ2) is 7.05. The number of rotatable bonds is 6. The third-order valence-electron chi connectivity index (χ3n) is 3.59. The molecule has 1 aliphatic heterocycles. The Kier molecular flexibility index (Phi) is 4.66. The van der Waals surface area contributed by atoms with Gasteiger partial charge in [0.05, 0.1) is 0 Å². The van der Waals surface area contributed by atoms with Gasteiger partial charge in [-0.3, -0.25) is 4.79 Å². The molecule has 1 amide bonds. The fourth-order valence-electron chi connectivity index (χ4n) is 2.34. The third kappa shape index (κ3) is 3.94. The Morgan fingerprint density at radius 3 is 2.48 bits per heavy atom. The summed E-state index contributed by atoms with van der Waals surface area (Å²) >= 11 is 0. The number of anilines is 3. The van der Waals surface area contributed by atoms with Crippen molar-refractivity contribution in [1.29, 1.82) is 0 Å². The summed E-state index contributed by atoms with van der Waals surface area (Å²) in [5, 5.41) is 6.20. The average molecular weight is 312 g/mol. The van der Waals surface area contributed by atoms with Gasteiger partial charge in [-0.25, -0.2) is 0 Å². The van der Waals surface area contributed by atoms with E-state index in [0.717, 1.165) is 41.4 Å². The molecule has 0 radical (unpaired) electrons. The van der Waals surface area contributed by atoms with E-state index in [1.165, 1.54) is 0 Å². The summed E-state index contributed by atoms with van der Waals surface area (Å²) in [5.41, 5.74) is 2.67. The Bertz CT molecular complexity index is 683. The molecule has 0 atom stereocenters.